The fraction of sp³-hybridized carbons (Fsp3) is 0.178. The predicted molar refractivity (Wildman–Crippen MR) is 233 cm³/mol. The summed E-state index contributed by atoms with van der Waals surface area (Å²) in [5, 5.41) is 20.2. The maximum Gasteiger partial charge on any atom is 0.271 e. The first-order valence-corrected chi connectivity index (χ1v) is 19.3. The standard InChI is InChI=1S/C29H31N7O.C16H13N5O2/c1-21-5-10-25(18-27(21)34-29-31-13-11-26(33-29)24-4-3-12-30-19-24)32-28(37)23-8-6-22(7-9-23)20-36-16-14-35(2)15-17-36;1-11-4-5-13(21(22)23)9-15(11)20-16-18-8-6-14(19-16)12-3-2-7-17-10-12/h3-13,18-19H,14-17,20H2,1-2H3,(H,32,37)(H,31,33,34);2-10H,1H3,(H,18,19,20). The third-order valence-electron chi connectivity index (χ3n) is 9.86. The number of rotatable bonds is 11. The minimum absolute atomic E-state index is 0.0153. The highest BCUT2D eigenvalue weighted by molar-refractivity contribution is 6.04. The SMILES string of the molecule is Cc1ccc(NC(=O)c2ccc(CN3CCN(C)CC3)cc2)cc1Nc1nccc(-c2cccnc2)n1.Cc1ccc([N+](=O)[O-])cc1Nc1nccc(-c2cccnc2)n1. The molecule has 4 aromatic heterocycles. The first-order valence-electron chi connectivity index (χ1n) is 19.3. The lowest BCUT2D eigenvalue weighted by molar-refractivity contribution is -0.384. The second-order valence-electron chi connectivity index (χ2n) is 14.3. The van der Waals surface area contributed by atoms with E-state index >= 15 is 0 Å². The maximum atomic E-state index is 12.9. The minimum atomic E-state index is -0.433. The predicted octanol–water partition coefficient (Wildman–Crippen LogP) is 8.09. The Morgan fingerprint density at radius 2 is 1.27 bits per heavy atom. The van der Waals surface area contributed by atoms with E-state index in [2.05, 4.69) is 62.7 Å². The normalized spacial score (nSPS) is 12.8. The average molecular weight is 801 g/mol. The number of carbonyl (C=O) groups is 1. The van der Waals surface area contributed by atoms with Crippen LogP contribution in [0.5, 0.6) is 0 Å². The number of carbonyl (C=O) groups excluding carboxylic acids is 1. The Morgan fingerprint density at radius 3 is 1.82 bits per heavy atom. The Labute approximate surface area is 347 Å². The van der Waals surface area contributed by atoms with Crippen LogP contribution in [0, 0.1) is 24.0 Å². The molecule has 0 aliphatic carbocycles. The van der Waals surface area contributed by atoms with Gasteiger partial charge in [0.05, 0.1) is 22.0 Å². The molecule has 0 unspecified atom stereocenters. The number of aryl methyl sites for hydroxylation is 2. The highest BCUT2D eigenvalue weighted by atomic mass is 16.6. The smallest absolute Gasteiger partial charge is 0.271 e. The molecule has 0 radical (unpaired) electrons. The molecule has 3 aromatic carbocycles. The molecular formula is C45H44N12O3. The fourth-order valence-electron chi connectivity index (χ4n) is 6.35. The van der Waals surface area contributed by atoms with Crippen molar-refractivity contribution >= 4 is 40.6 Å². The monoisotopic (exact) mass is 800 g/mol. The number of hydrogen-bond donors (Lipinski definition) is 3. The van der Waals surface area contributed by atoms with E-state index in [1.54, 1.807) is 49.3 Å². The molecule has 5 heterocycles. The number of benzene rings is 3. The number of nitro groups is 1. The van der Waals surface area contributed by atoms with Gasteiger partial charge in [0, 0.05) is 110 Å². The number of hydrogen-bond acceptors (Lipinski definition) is 13. The Bertz CT molecular complexity index is 2550. The summed E-state index contributed by atoms with van der Waals surface area (Å²) < 4.78 is 0. The third kappa shape index (κ3) is 10.9. The van der Waals surface area contributed by atoms with Crippen LogP contribution < -0.4 is 16.0 Å². The van der Waals surface area contributed by atoms with E-state index in [1.807, 2.05) is 86.6 Å². The molecule has 60 heavy (non-hydrogen) atoms. The van der Waals surface area contributed by atoms with Crippen LogP contribution in [0.4, 0.5) is 34.6 Å². The summed E-state index contributed by atoms with van der Waals surface area (Å²) in [5.74, 6) is 0.703. The van der Waals surface area contributed by atoms with E-state index in [0.717, 1.165) is 72.1 Å². The number of non-ortho nitro benzene ring substituents is 1. The fourth-order valence-corrected chi connectivity index (χ4v) is 6.35. The zero-order valence-electron chi connectivity index (χ0n) is 33.5. The molecule has 15 heteroatoms. The Morgan fingerprint density at radius 1 is 0.700 bits per heavy atom. The second-order valence-corrected chi connectivity index (χ2v) is 14.3. The molecule has 302 valence electrons. The molecule has 8 rings (SSSR count). The Kier molecular flexibility index (Phi) is 13.1. The molecule has 0 spiro atoms. The van der Waals surface area contributed by atoms with Crippen molar-refractivity contribution in [2.75, 3.05) is 49.2 Å². The highest BCUT2D eigenvalue weighted by Gasteiger charge is 2.15. The molecule has 0 saturated carbocycles. The molecule has 15 nitrogen and oxygen atoms in total. The lowest BCUT2D eigenvalue weighted by Gasteiger charge is -2.32. The summed E-state index contributed by atoms with van der Waals surface area (Å²) in [7, 11) is 2.16. The molecule has 1 fully saturated rings. The summed E-state index contributed by atoms with van der Waals surface area (Å²) in [4.78, 5) is 54.0. The number of aromatic nitrogens is 6. The molecule has 3 N–H and O–H groups in total. The van der Waals surface area contributed by atoms with Crippen LogP contribution in [-0.2, 0) is 6.54 Å². The van der Waals surface area contributed by atoms with Crippen LogP contribution >= 0.6 is 0 Å². The zero-order valence-corrected chi connectivity index (χ0v) is 33.5. The quantitative estimate of drug-likeness (QED) is 0.0845. The van der Waals surface area contributed by atoms with Gasteiger partial charge in [0.1, 0.15) is 0 Å². The van der Waals surface area contributed by atoms with Gasteiger partial charge in [0.25, 0.3) is 11.6 Å². The number of amides is 1. The minimum Gasteiger partial charge on any atom is -0.324 e. The van der Waals surface area contributed by atoms with Crippen molar-refractivity contribution in [3.63, 3.8) is 0 Å². The number of pyridine rings is 2. The summed E-state index contributed by atoms with van der Waals surface area (Å²) in [6, 6.07) is 29.4. The lowest BCUT2D eigenvalue weighted by Crippen LogP contribution is -2.43. The first kappa shape index (κ1) is 40.7. The number of nitrogens with zero attached hydrogens (tertiary/aromatic N) is 9. The van der Waals surface area contributed by atoms with Gasteiger partial charge >= 0.3 is 0 Å². The van der Waals surface area contributed by atoms with E-state index in [4.69, 9.17) is 0 Å². The number of likely N-dealkylation sites (N-methyl/N-ethyl adjacent to an activating group) is 1. The van der Waals surface area contributed by atoms with Gasteiger partial charge in [-0.15, -0.1) is 0 Å². The van der Waals surface area contributed by atoms with E-state index in [0.29, 0.717) is 28.8 Å². The van der Waals surface area contributed by atoms with Crippen LogP contribution in [0.1, 0.15) is 27.0 Å². The number of anilines is 5. The van der Waals surface area contributed by atoms with Crippen molar-refractivity contribution < 1.29 is 9.72 Å². The van der Waals surface area contributed by atoms with Crippen molar-refractivity contribution in [1.82, 2.24) is 39.7 Å². The van der Waals surface area contributed by atoms with Crippen LogP contribution in [0.3, 0.4) is 0 Å². The third-order valence-corrected chi connectivity index (χ3v) is 9.86. The van der Waals surface area contributed by atoms with Crippen molar-refractivity contribution in [2.24, 2.45) is 0 Å². The van der Waals surface area contributed by atoms with Gasteiger partial charge in [-0.1, -0.05) is 24.3 Å². The topological polar surface area (TPSA) is 180 Å². The van der Waals surface area contributed by atoms with Gasteiger partial charge in [-0.25, -0.2) is 19.9 Å². The number of piperazine rings is 1. The molecule has 1 saturated heterocycles. The van der Waals surface area contributed by atoms with Crippen LogP contribution in [0.15, 0.2) is 134 Å². The van der Waals surface area contributed by atoms with E-state index < -0.39 is 4.92 Å². The van der Waals surface area contributed by atoms with Gasteiger partial charge in [-0.3, -0.25) is 29.8 Å². The van der Waals surface area contributed by atoms with Crippen molar-refractivity contribution in [3.05, 3.63) is 167 Å². The maximum absolute atomic E-state index is 12.9. The van der Waals surface area contributed by atoms with E-state index in [9.17, 15) is 14.9 Å². The summed E-state index contributed by atoms with van der Waals surface area (Å²) >= 11 is 0. The van der Waals surface area contributed by atoms with Crippen LogP contribution in [0.25, 0.3) is 22.5 Å². The molecular weight excluding hydrogens is 757 g/mol. The Balaban J connectivity index is 0.000000203. The van der Waals surface area contributed by atoms with Crippen molar-refractivity contribution in [2.45, 2.75) is 20.4 Å². The molecule has 0 atom stereocenters. The second kappa shape index (κ2) is 19.3. The van der Waals surface area contributed by atoms with Crippen molar-refractivity contribution in [1.29, 1.82) is 0 Å². The highest BCUT2D eigenvalue weighted by Crippen LogP contribution is 2.27. The van der Waals surface area contributed by atoms with Gasteiger partial charge in [0.15, 0.2) is 0 Å². The molecule has 0 bridgehead atoms. The first-order chi connectivity index (χ1) is 29.2. The summed E-state index contributed by atoms with van der Waals surface area (Å²) in [6.45, 7) is 9.09. The number of nitro benzene ring substituents is 1. The van der Waals surface area contributed by atoms with Gasteiger partial charge in [0.2, 0.25) is 11.9 Å². The molecule has 7 aromatic rings. The van der Waals surface area contributed by atoms with Crippen LogP contribution in [0.2, 0.25) is 0 Å². The van der Waals surface area contributed by atoms with Crippen molar-refractivity contribution in [3.8, 4) is 22.5 Å². The van der Waals surface area contributed by atoms with Crippen LogP contribution in [-0.4, -0.2) is 83.8 Å². The van der Waals surface area contributed by atoms with E-state index in [1.165, 1.54) is 17.7 Å². The van der Waals surface area contributed by atoms with Gasteiger partial charge < -0.3 is 20.9 Å². The largest absolute Gasteiger partial charge is 0.324 e. The summed E-state index contributed by atoms with van der Waals surface area (Å²) in [5.41, 5.74) is 9.15. The zero-order chi connectivity index (χ0) is 41.8. The Hall–Kier alpha value is -7.49. The average Bonchev–Trinajstić information content (AvgIpc) is 3.27. The lowest BCUT2D eigenvalue weighted by atomic mass is 10.1. The molecule has 1 aliphatic heterocycles. The summed E-state index contributed by atoms with van der Waals surface area (Å²) in [6.07, 6.45) is 10.2. The van der Waals surface area contributed by atoms with Gasteiger partial charge in [-0.05, 0) is 98.2 Å². The van der Waals surface area contributed by atoms with E-state index in [-0.39, 0.29) is 11.6 Å². The molecule has 1 aliphatic rings. The molecule has 1 amide bonds. The number of nitrogens with one attached hydrogen (secondary N) is 3. The van der Waals surface area contributed by atoms with Gasteiger partial charge in [-0.2, -0.15) is 0 Å².